The molecule has 1 aliphatic carbocycles. The number of halogens is 1. The lowest BCUT2D eigenvalue weighted by molar-refractivity contribution is 0.0111. The Bertz CT molecular complexity index is 484. The van der Waals surface area contributed by atoms with E-state index >= 15 is 0 Å². The molecule has 3 aliphatic rings. The standard InChI is InChI=1S/C14H18BrN3S/c15-12-2-1-11-10-18(19-14(11)9-12)17-7-5-16(6-8-17)13-3-4-13/h1-2,9,13H,3-8,10H2. The Balaban J connectivity index is 1.40. The molecule has 102 valence electrons. The van der Waals surface area contributed by atoms with Crippen molar-refractivity contribution in [2.24, 2.45) is 0 Å². The summed E-state index contributed by atoms with van der Waals surface area (Å²) in [4.78, 5) is 4.07. The van der Waals surface area contributed by atoms with Crippen LogP contribution in [0, 0.1) is 0 Å². The van der Waals surface area contributed by atoms with E-state index < -0.39 is 0 Å². The second kappa shape index (κ2) is 5.04. The fourth-order valence-electron chi connectivity index (χ4n) is 2.93. The lowest BCUT2D eigenvalue weighted by Gasteiger charge is -2.38. The molecular formula is C14H18BrN3S. The molecule has 0 amide bonds. The first-order chi connectivity index (χ1) is 9.29. The fourth-order valence-corrected chi connectivity index (χ4v) is 4.58. The van der Waals surface area contributed by atoms with Crippen molar-refractivity contribution in [2.75, 3.05) is 26.2 Å². The summed E-state index contributed by atoms with van der Waals surface area (Å²) in [5.74, 6) is 0. The van der Waals surface area contributed by atoms with Gasteiger partial charge < -0.3 is 0 Å². The molecule has 0 aromatic heterocycles. The molecule has 2 aliphatic heterocycles. The smallest absolute Gasteiger partial charge is 0.0513 e. The van der Waals surface area contributed by atoms with Crippen LogP contribution in [0.1, 0.15) is 18.4 Å². The van der Waals surface area contributed by atoms with Crippen molar-refractivity contribution >= 4 is 27.9 Å². The highest BCUT2D eigenvalue weighted by Gasteiger charge is 2.34. The van der Waals surface area contributed by atoms with Gasteiger partial charge in [-0.25, -0.2) is 5.01 Å². The molecule has 1 aromatic carbocycles. The number of hydrogen-bond donors (Lipinski definition) is 0. The molecule has 1 aromatic rings. The molecule has 1 saturated carbocycles. The molecule has 1 saturated heterocycles. The van der Waals surface area contributed by atoms with E-state index in [9.17, 15) is 0 Å². The Labute approximate surface area is 127 Å². The Morgan fingerprint density at radius 3 is 2.63 bits per heavy atom. The molecule has 0 unspecified atom stereocenters. The Hall–Kier alpha value is -0.0700. The van der Waals surface area contributed by atoms with Crippen LogP contribution in [0.15, 0.2) is 27.6 Å². The maximum atomic E-state index is 3.56. The van der Waals surface area contributed by atoms with Crippen molar-refractivity contribution in [2.45, 2.75) is 30.3 Å². The zero-order valence-corrected chi connectivity index (χ0v) is 13.3. The van der Waals surface area contributed by atoms with Crippen LogP contribution >= 0.6 is 27.9 Å². The molecule has 0 atom stereocenters. The topological polar surface area (TPSA) is 9.72 Å². The second-order valence-electron chi connectivity index (χ2n) is 5.57. The van der Waals surface area contributed by atoms with Crippen LogP contribution in [0.3, 0.4) is 0 Å². The zero-order chi connectivity index (χ0) is 12.8. The van der Waals surface area contributed by atoms with Crippen LogP contribution in [0.25, 0.3) is 0 Å². The lowest BCUT2D eigenvalue weighted by atomic mass is 10.2. The quantitative estimate of drug-likeness (QED) is 0.766. The summed E-state index contributed by atoms with van der Waals surface area (Å²) in [7, 11) is 0. The summed E-state index contributed by atoms with van der Waals surface area (Å²) >= 11 is 5.45. The number of rotatable bonds is 2. The van der Waals surface area contributed by atoms with Gasteiger partial charge in [0.1, 0.15) is 0 Å². The fraction of sp³-hybridized carbons (Fsp3) is 0.571. The summed E-state index contributed by atoms with van der Waals surface area (Å²) in [5, 5.41) is 2.53. The molecule has 0 N–H and O–H groups in total. The van der Waals surface area contributed by atoms with Crippen LogP contribution < -0.4 is 0 Å². The average Bonchev–Trinajstić information content (AvgIpc) is 3.19. The van der Waals surface area contributed by atoms with Crippen molar-refractivity contribution in [3.05, 3.63) is 28.2 Å². The maximum absolute atomic E-state index is 3.56. The second-order valence-corrected chi connectivity index (χ2v) is 7.53. The molecule has 0 bridgehead atoms. The van der Waals surface area contributed by atoms with Gasteiger partial charge in [-0.3, -0.25) is 4.90 Å². The molecule has 2 heterocycles. The zero-order valence-electron chi connectivity index (χ0n) is 10.9. The third kappa shape index (κ3) is 2.59. The van der Waals surface area contributed by atoms with Crippen molar-refractivity contribution in [1.29, 1.82) is 0 Å². The normalized spacial score (nSPS) is 25.7. The predicted octanol–water partition coefficient (Wildman–Crippen LogP) is 2.97. The van der Waals surface area contributed by atoms with E-state index in [1.807, 2.05) is 11.9 Å². The molecule has 0 radical (unpaired) electrons. The first-order valence-corrected chi connectivity index (χ1v) is 8.59. The summed E-state index contributed by atoms with van der Waals surface area (Å²) in [6, 6.07) is 7.54. The largest absolute Gasteiger partial charge is 0.298 e. The minimum absolute atomic E-state index is 0.918. The van der Waals surface area contributed by atoms with Crippen LogP contribution in [0.5, 0.6) is 0 Å². The van der Waals surface area contributed by atoms with E-state index in [0.29, 0.717) is 0 Å². The summed E-state index contributed by atoms with van der Waals surface area (Å²) in [6.07, 6.45) is 2.86. The highest BCUT2D eigenvalue weighted by atomic mass is 79.9. The highest BCUT2D eigenvalue weighted by Crippen LogP contribution is 2.39. The minimum Gasteiger partial charge on any atom is -0.298 e. The van der Waals surface area contributed by atoms with E-state index in [-0.39, 0.29) is 0 Å². The molecule has 5 heteroatoms. The number of benzene rings is 1. The highest BCUT2D eigenvalue weighted by molar-refractivity contribution is 9.10. The van der Waals surface area contributed by atoms with Gasteiger partial charge in [0.05, 0.1) is 6.54 Å². The summed E-state index contributed by atoms with van der Waals surface area (Å²) in [5.41, 5.74) is 1.46. The van der Waals surface area contributed by atoms with Crippen LogP contribution in [0.4, 0.5) is 0 Å². The number of piperazine rings is 1. The first kappa shape index (κ1) is 12.7. The third-order valence-corrected chi connectivity index (χ3v) is 5.85. The number of fused-ring (bicyclic) bond motifs is 1. The number of nitrogens with zero attached hydrogens (tertiary/aromatic N) is 3. The summed E-state index contributed by atoms with van der Waals surface area (Å²) in [6.45, 7) is 5.89. The van der Waals surface area contributed by atoms with Gasteiger partial charge in [0.2, 0.25) is 0 Å². The average molecular weight is 340 g/mol. The number of hydrogen-bond acceptors (Lipinski definition) is 4. The first-order valence-electron chi connectivity index (χ1n) is 7.02. The molecule has 0 spiro atoms. The Kier molecular flexibility index (Phi) is 3.36. The van der Waals surface area contributed by atoms with Gasteiger partial charge in [0, 0.05) is 41.6 Å². The van der Waals surface area contributed by atoms with Gasteiger partial charge in [-0.2, -0.15) is 4.41 Å². The lowest BCUT2D eigenvalue weighted by Crippen LogP contribution is -2.51. The molecular weight excluding hydrogens is 322 g/mol. The Morgan fingerprint density at radius 2 is 1.89 bits per heavy atom. The van der Waals surface area contributed by atoms with E-state index in [2.05, 4.69) is 48.5 Å². The van der Waals surface area contributed by atoms with Crippen LogP contribution in [-0.4, -0.2) is 46.5 Å². The monoisotopic (exact) mass is 339 g/mol. The van der Waals surface area contributed by atoms with Crippen LogP contribution in [-0.2, 0) is 6.54 Å². The minimum atomic E-state index is 0.918. The van der Waals surface area contributed by atoms with E-state index in [1.54, 1.807) is 0 Å². The third-order valence-electron chi connectivity index (χ3n) is 4.21. The van der Waals surface area contributed by atoms with Crippen molar-refractivity contribution < 1.29 is 0 Å². The molecule has 4 rings (SSSR count). The van der Waals surface area contributed by atoms with Gasteiger partial charge in [-0.1, -0.05) is 22.0 Å². The Morgan fingerprint density at radius 1 is 1.11 bits per heavy atom. The van der Waals surface area contributed by atoms with Crippen molar-refractivity contribution in [1.82, 2.24) is 14.3 Å². The van der Waals surface area contributed by atoms with Crippen LogP contribution in [0.2, 0.25) is 0 Å². The predicted molar refractivity (Wildman–Crippen MR) is 81.7 cm³/mol. The number of hydrazine groups is 1. The van der Waals surface area contributed by atoms with E-state index in [4.69, 9.17) is 0 Å². The van der Waals surface area contributed by atoms with Crippen molar-refractivity contribution in [3.8, 4) is 0 Å². The molecule has 19 heavy (non-hydrogen) atoms. The van der Waals surface area contributed by atoms with Gasteiger partial charge in [-0.05, 0) is 42.5 Å². The van der Waals surface area contributed by atoms with Crippen molar-refractivity contribution in [3.63, 3.8) is 0 Å². The van der Waals surface area contributed by atoms with Gasteiger partial charge >= 0.3 is 0 Å². The van der Waals surface area contributed by atoms with E-state index in [1.165, 1.54) is 54.0 Å². The van der Waals surface area contributed by atoms with Gasteiger partial charge in [0.25, 0.3) is 0 Å². The van der Waals surface area contributed by atoms with Gasteiger partial charge in [-0.15, -0.1) is 0 Å². The SMILES string of the molecule is Brc1ccc2c(c1)SN(N1CCN(C3CC3)CC1)C2. The molecule has 3 nitrogen and oxygen atoms in total. The van der Waals surface area contributed by atoms with E-state index in [0.717, 1.165) is 12.6 Å². The summed E-state index contributed by atoms with van der Waals surface area (Å²) < 4.78 is 3.63. The maximum Gasteiger partial charge on any atom is 0.0513 e. The van der Waals surface area contributed by atoms with Gasteiger partial charge in [0.15, 0.2) is 0 Å². The molecule has 2 fully saturated rings.